The highest BCUT2D eigenvalue weighted by Crippen LogP contribution is 2.24. The Morgan fingerprint density at radius 3 is 2.36 bits per heavy atom. The Kier molecular flexibility index (Phi) is 6.41. The molecule has 2 aromatic heterocycles. The third-order valence-electron chi connectivity index (χ3n) is 4.58. The van der Waals surface area contributed by atoms with Crippen LogP contribution in [0, 0.1) is 34.6 Å². The fourth-order valence-electron chi connectivity index (χ4n) is 3.07. The molecule has 0 radical (unpaired) electrons. The summed E-state index contributed by atoms with van der Waals surface area (Å²) in [5, 5.41) is 0.663. The van der Waals surface area contributed by atoms with Gasteiger partial charge in [-0.2, -0.15) is 0 Å². The van der Waals surface area contributed by atoms with Crippen LogP contribution in [0.1, 0.15) is 51.7 Å². The number of nitrogens with zero attached hydrogens (tertiary/aromatic N) is 3. The van der Waals surface area contributed by atoms with Gasteiger partial charge in [0.2, 0.25) is 0 Å². The summed E-state index contributed by atoms with van der Waals surface area (Å²) in [5.74, 6) is 0.443. The molecule has 0 spiro atoms. The number of rotatable bonds is 7. The van der Waals surface area contributed by atoms with Gasteiger partial charge >= 0.3 is 0 Å². The lowest BCUT2D eigenvalue weighted by molar-refractivity contribution is 0.102. The van der Waals surface area contributed by atoms with Crippen LogP contribution in [0.2, 0.25) is 0 Å². The number of hydrogen-bond donors (Lipinski definition) is 0. The van der Waals surface area contributed by atoms with Gasteiger partial charge in [0.1, 0.15) is 0 Å². The van der Waals surface area contributed by atoms with Crippen LogP contribution in [-0.4, -0.2) is 39.8 Å². The normalized spacial score (nSPS) is 12.4. The van der Waals surface area contributed by atoms with Crippen molar-refractivity contribution in [2.75, 3.05) is 19.5 Å². The Bertz CT molecular complexity index is 760. The molecular weight excluding hydrogens is 334 g/mol. The molecule has 2 rings (SSSR count). The monoisotopic (exact) mass is 361 g/mol. The van der Waals surface area contributed by atoms with E-state index in [1.165, 1.54) is 11.8 Å². The fourth-order valence-corrected chi connectivity index (χ4v) is 3.89. The quantitative estimate of drug-likeness (QED) is 0.424. The summed E-state index contributed by atoms with van der Waals surface area (Å²) in [6.45, 7) is 12.7. The van der Waals surface area contributed by atoms with Crippen LogP contribution >= 0.6 is 11.8 Å². The van der Waals surface area contributed by atoms with Crippen molar-refractivity contribution in [1.29, 1.82) is 0 Å². The number of methoxy groups -OCH3 is 1. The van der Waals surface area contributed by atoms with E-state index in [1.54, 1.807) is 7.11 Å². The second-order valence-electron chi connectivity index (χ2n) is 6.47. The molecular formula is C19H27N3O2S. The van der Waals surface area contributed by atoms with Crippen LogP contribution in [0.4, 0.5) is 0 Å². The maximum atomic E-state index is 12.7. The zero-order valence-electron chi connectivity index (χ0n) is 16.1. The first kappa shape index (κ1) is 19.7. The van der Waals surface area contributed by atoms with E-state index in [1.807, 2.05) is 40.7 Å². The second-order valence-corrected chi connectivity index (χ2v) is 7.42. The summed E-state index contributed by atoms with van der Waals surface area (Å²) in [6.07, 6.45) is 0. The fraction of sp³-hybridized carbons (Fsp3) is 0.526. The second kappa shape index (κ2) is 8.15. The minimum Gasteiger partial charge on any atom is -0.383 e. The largest absolute Gasteiger partial charge is 0.383 e. The zero-order chi connectivity index (χ0) is 18.7. The van der Waals surface area contributed by atoms with Gasteiger partial charge in [-0.25, -0.2) is 9.97 Å². The van der Waals surface area contributed by atoms with E-state index in [4.69, 9.17) is 4.74 Å². The van der Waals surface area contributed by atoms with Crippen molar-refractivity contribution >= 4 is 17.5 Å². The van der Waals surface area contributed by atoms with Gasteiger partial charge in [0.05, 0.1) is 18.4 Å². The maximum Gasteiger partial charge on any atom is 0.188 e. The van der Waals surface area contributed by atoms with Crippen molar-refractivity contribution in [3.8, 4) is 0 Å². The molecule has 1 atom stereocenters. The SMILES string of the molecule is COC[C@@H](C)n1c(C)cc(C(=O)CSc2nc(C)c(C)c(C)n2)c1C. The highest BCUT2D eigenvalue weighted by Gasteiger charge is 2.19. The number of aryl methyl sites for hydroxylation is 3. The Labute approximate surface area is 154 Å². The minimum atomic E-state index is 0.105. The first-order chi connectivity index (χ1) is 11.8. The van der Waals surface area contributed by atoms with Crippen LogP contribution in [-0.2, 0) is 4.74 Å². The lowest BCUT2D eigenvalue weighted by atomic mass is 10.2. The molecule has 0 aliphatic rings. The van der Waals surface area contributed by atoms with Gasteiger partial charge in [-0.3, -0.25) is 4.79 Å². The maximum absolute atomic E-state index is 12.7. The van der Waals surface area contributed by atoms with E-state index in [0.29, 0.717) is 17.5 Å². The molecule has 2 heterocycles. The third kappa shape index (κ3) is 4.30. The van der Waals surface area contributed by atoms with Gasteiger partial charge in [-0.15, -0.1) is 0 Å². The number of carbonyl (C=O) groups excluding carboxylic acids is 1. The average Bonchev–Trinajstić information content (AvgIpc) is 2.85. The molecule has 5 nitrogen and oxygen atoms in total. The molecule has 2 aromatic rings. The van der Waals surface area contributed by atoms with Crippen LogP contribution in [0.15, 0.2) is 11.2 Å². The predicted molar refractivity (Wildman–Crippen MR) is 102 cm³/mol. The highest BCUT2D eigenvalue weighted by atomic mass is 32.2. The van der Waals surface area contributed by atoms with Crippen LogP contribution < -0.4 is 0 Å². The van der Waals surface area contributed by atoms with E-state index in [2.05, 4.69) is 21.5 Å². The van der Waals surface area contributed by atoms with Crippen molar-refractivity contribution in [2.24, 2.45) is 0 Å². The molecule has 0 aliphatic carbocycles. The molecule has 0 saturated heterocycles. The Morgan fingerprint density at radius 1 is 1.20 bits per heavy atom. The summed E-state index contributed by atoms with van der Waals surface area (Å²) in [5.41, 5.74) is 5.88. The Morgan fingerprint density at radius 2 is 1.80 bits per heavy atom. The molecule has 0 N–H and O–H groups in total. The number of hydrogen-bond acceptors (Lipinski definition) is 5. The molecule has 0 fully saturated rings. The molecule has 0 saturated carbocycles. The summed E-state index contributed by atoms with van der Waals surface area (Å²) >= 11 is 1.40. The van der Waals surface area contributed by atoms with Gasteiger partial charge in [0.25, 0.3) is 0 Å². The first-order valence-electron chi connectivity index (χ1n) is 8.41. The minimum absolute atomic E-state index is 0.105. The third-order valence-corrected chi connectivity index (χ3v) is 5.43. The Hall–Kier alpha value is -1.66. The van der Waals surface area contributed by atoms with Crippen molar-refractivity contribution in [3.63, 3.8) is 0 Å². The lowest BCUT2D eigenvalue weighted by Gasteiger charge is -2.17. The lowest BCUT2D eigenvalue weighted by Crippen LogP contribution is -2.14. The summed E-state index contributed by atoms with van der Waals surface area (Å²) in [4.78, 5) is 21.7. The van der Waals surface area contributed by atoms with Gasteiger partial charge in [0.15, 0.2) is 10.9 Å². The molecule has 6 heteroatoms. The molecule has 0 aromatic carbocycles. The molecule has 25 heavy (non-hydrogen) atoms. The van der Waals surface area contributed by atoms with Crippen molar-refractivity contribution in [1.82, 2.24) is 14.5 Å². The highest BCUT2D eigenvalue weighted by molar-refractivity contribution is 7.99. The summed E-state index contributed by atoms with van der Waals surface area (Å²) in [7, 11) is 1.69. The van der Waals surface area contributed by atoms with Gasteiger partial charge in [-0.05, 0) is 53.2 Å². The molecule has 0 aliphatic heterocycles. The number of ether oxygens (including phenoxy) is 1. The van der Waals surface area contributed by atoms with Crippen LogP contribution in [0.5, 0.6) is 0 Å². The summed E-state index contributed by atoms with van der Waals surface area (Å²) < 4.78 is 7.41. The van der Waals surface area contributed by atoms with Crippen molar-refractivity contribution in [3.05, 3.63) is 40.0 Å². The van der Waals surface area contributed by atoms with Crippen molar-refractivity contribution < 1.29 is 9.53 Å². The zero-order valence-corrected chi connectivity index (χ0v) is 17.0. The van der Waals surface area contributed by atoms with E-state index < -0.39 is 0 Å². The van der Waals surface area contributed by atoms with E-state index in [0.717, 1.165) is 33.9 Å². The molecule has 136 valence electrons. The topological polar surface area (TPSA) is 57.0 Å². The number of aromatic nitrogens is 3. The average molecular weight is 362 g/mol. The number of ketones is 1. The van der Waals surface area contributed by atoms with Gasteiger partial charge in [-0.1, -0.05) is 11.8 Å². The van der Waals surface area contributed by atoms with Gasteiger partial charge < -0.3 is 9.30 Å². The van der Waals surface area contributed by atoms with E-state index >= 15 is 0 Å². The first-order valence-corrected chi connectivity index (χ1v) is 9.40. The van der Waals surface area contributed by atoms with E-state index in [-0.39, 0.29) is 11.8 Å². The van der Waals surface area contributed by atoms with Crippen LogP contribution in [0.25, 0.3) is 0 Å². The number of thioether (sulfide) groups is 1. The van der Waals surface area contributed by atoms with Crippen LogP contribution in [0.3, 0.4) is 0 Å². The molecule has 0 bridgehead atoms. The van der Waals surface area contributed by atoms with E-state index in [9.17, 15) is 4.79 Å². The number of Topliss-reactive ketones (excluding diaryl/α,β-unsaturated/α-hetero) is 1. The smallest absolute Gasteiger partial charge is 0.188 e. The molecule has 0 unspecified atom stereocenters. The predicted octanol–water partition coefficient (Wildman–Crippen LogP) is 4.00. The Balaban J connectivity index is 2.15. The standard InChI is InChI=1S/C19H27N3O2S/c1-11-8-17(16(6)22(11)12(2)9-24-7)18(23)10-25-19-20-14(4)13(3)15(5)21-19/h8,12H,9-10H2,1-7H3/t12-/m1/s1. The van der Waals surface area contributed by atoms with Gasteiger partial charge in [0, 0.05) is 35.4 Å². The summed E-state index contributed by atoms with van der Waals surface area (Å²) in [6, 6.07) is 2.17. The number of carbonyl (C=O) groups is 1. The van der Waals surface area contributed by atoms with Crippen molar-refractivity contribution in [2.45, 2.75) is 52.7 Å². The molecule has 0 amide bonds.